The van der Waals surface area contributed by atoms with E-state index >= 15 is 0 Å². The molecule has 2 aliphatic rings. The quantitative estimate of drug-likeness (QED) is 0.353. The average molecular weight is 542 g/mol. The Morgan fingerprint density at radius 3 is 2.65 bits per heavy atom. The van der Waals surface area contributed by atoms with Gasteiger partial charge in [0.2, 0.25) is 5.91 Å². The fourth-order valence-electron chi connectivity index (χ4n) is 5.20. The molecule has 1 aromatic carbocycles. The molecule has 204 valence electrons. The lowest BCUT2D eigenvalue weighted by Crippen LogP contribution is -2.40. The molecule has 1 atom stereocenters. The maximum Gasteiger partial charge on any atom is 0.277 e. The Morgan fingerprint density at radius 1 is 1.02 bits per heavy atom. The molecule has 40 heavy (non-hydrogen) atoms. The van der Waals surface area contributed by atoms with E-state index in [1.54, 1.807) is 43.4 Å². The Kier molecular flexibility index (Phi) is 6.42. The Balaban J connectivity index is 1.21. The summed E-state index contributed by atoms with van der Waals surface area (Å²) in [5.74, 6) is 0.104. The number of amides is 3. The lowest BCUT2D eigenvalue weighted by Gasteiger charge is -2.32. The molecular formula is C26H27N11O3. The van der Waals surface area contributed by atoms with Gasteiger partial charge in [-0.05, 0) is 43.2 Å². The normalized spacial score (nSPS) is 16.9. The molecule has 3 amide bonds. The van der Waals surface area contributed by atoms with E-state index in [4.69, 9.17) is 5.73 Å². The number of anilines is 2. The first-order valence-electron chi connectivity index (χ1n) is 12.9. The zero-order chi connectivity index (χ0) is 27.8. The molecular weight excluding hydrogens is 514 g/mol. The molecule has 1 fully saturated rings. The number of aromatic nitrogens is 7. The van der Waals surface area contributed by atoms with Crippen LogP contribution in [-0.4, -0.2) is 81.7 Å². The minimum Gasteiger partial charge on any atom is -0.383 e. The Morgan fingerprint density at radius 2 is 1.85 bits per heavy atom. The number of nitrogens with zero attached hydrogens (tertiary/aromatic N) is 9. The van der Waals surface area contributed by atoms with Crippen molar-refractivity contribution in [2.75, 3.05) is 30.7 Å². The summed E-state index contributed by atoms with van der Waals surface area (Å²) in [5.41, 5.74) is 7.65. The predicted octanol–water partition coefficient (Wildman–Crippen LogP) is 1.26. The Bertz CT molecular complexity index is 1620. The van der Waals surface area contributed by atoms with Crippen molar-refractivity contribution in [2.45, 2.75) is 32.0 Å². The van der Waals surface area contributed by atoms with Crippen LogP contribution in [0, 0.1) is 0 Å². The van der Waals surface area contributed by atoms with E-state index in [1.165, 1.54) is 18.7 Å². The van der Waals surface area contributed by atoms with E-state index in [0.29, 0.717) is 55.0 Å². The number of nitrogens with one attached hydrogen (secondary N) is 1. The first kappa shape index (κ1) is 25.2. The van der Waals surface area contributed by atoms with Gasteiger partial charge in [-0.1, -0.05) is 6.58 Å². The van der Waals surface area contributed by atoms with E-state index in [-0.39, 0.29) is 29.4 Å². The van der Waals surface area contributed by atoms with Crippen LogP contribution in [0.5, 0.6) is 0 Å². The Labute approximate surface area is 228 Å². The van der Waals surface area contributed by atoms with E-state index in [9.17, 15) is 14.4 Å². The highest BCUT2D eigenvalue weighted by Crippen LogP contribution is 2.29. The highest BCUT2D eigenvalue weighted by atomic mass is 16.2. The topological polar surface area (TPSA) is 170 Å². The molecule has 6 rings (SSSR count). The number of likely N-dealkylation sites (tertiary alicyclic amines) is 1. The first-order valence-corrected chi connectivity index (χ1v) is 12.9. The number of carbonyl (C=O) groups excluding carboxylic acids is 3. The molecule has 0 aliphatic carbocycles. The Hall–Kier alpha value is -5.14. The van der Waals surface area contributed by atoms with Crippen molar-refractivity contribution in [3.05, 3.63) is 66.7 Å². The van der Waals surface area contributed by atoms with Gasteiger partial charge in [0, 0.05) is 30.9 Å². The number of piperidine rings is 1. The monoisotopic (exact) mass is 541 g/mol. The summed E-state index contributed by atoms with van der Waals surface area (Å²) in [4.78, 5) is 54.7. The summed E-state index contributed by atoms with van der Waals surface area (Å²) in [6.45, 7) is 6.13. The largest absolute Gasteiger partial charge is 0.383 e. The van der Waals surface area contributed by atoms with E-state index in [0.717, 1.165) is 18.7 Å². The zero-order valence-corrected chi connectivity index (χ0v) is 21.6. The SMILES string of the molecule is C=CC(=O)N1CCCC(n2nc(C(=O)Nc3ccc(C(=O)N4CCn5ncnc5C4)cc3)c3c(N)ncnc32)C1. The van der Waals surface area contributed by atoms with Gasteiger partial charge in [-0.25, -0.2) is 24.3 Å². The molecule has 0 radical (unpaired) electrons. The van der Waals surface area contributed by atoms with Crippen molar-refractivity contribution in [3.63, 3.8) is 0 Å². The van der Waals surface area contributed by atoms with Crippen LogP contribution in [0.2, 0.25) is 0 Å². The zero-order valence-electron chi connectivity index (χ0n) is 21.6. The number of benzene rings is 1. The molecule has 2 aliphatic heterocycles. The standard InChI is InChI=1S/C26H27N11O3/c1-2-20(38)34-9-3-4-18(12-34)37-24-21(23(27)29-14-30-24)22(33-37)25(39)32-17-7-5-16(6-8-17)26(40)35-10-11-36-19(13-35)28-15-31-36/h2,5-8,14-15,18H,1,3-4,9-13H2,(H,32,39)(H2,27,29,30). The van der Waals surface area contributed by atoms with Crippen LogP contribution < -0.4 is 11.1 Å². The summed E-state index contributed by atoms with van der Waals surface area (Å²) in [5, 5.41) is 11.9. The van der Waals surface area contributed by atoms with Crippen LogP contribution in [-0.2, 0) is 17.9 Å². The van der Waals surface area contributed by atoms with Gasteiger partial charge in [0.15, 0.2) is 11.3 Å². The third-order valence-electron chi connectivity index (χ3n) is 7.25. The summed E-state index contributed by atoms with van der Waals surface area (Å²) < 4.78 is 3.45. The van der Waals surface area contributed by atoms with Gasteiger partial charge in [0.25, 0.3) is 11.8 Å². The number of nitrogens with two attached hydrogens (primary N) is 1. The number of nitrogen functional groups attached to an aromatic ring is 1. The second-order valence-corrected chi connectivity index (χ2v) is 9.69. The van der Waals surface area contributed by atoms with Crippen LogP contribution in [0.4, 0.5) is 11.5 Å². The second-order valence-electron chi connectivity index (χ2n) is 9.69. The van der Waals surface area contributed by atoms with Crippen molar-refractivity contribution < 1.29 is 14.4 Å². The van der Waals surface area contributed by atoms with Crippen LogP contribution >= 0.6 is 0 Å². The molecule has 14 nitrogen and oxygen atoms in total. The van der Waals surface area contributed by atoms with Crippen LogP contribution in [0.3, 0.4) is 0 Å². The summed E-state index contributed by atoms with van der Waals surface area (Å²) >= 11 is 0. The average Bonchev–Trinajstić information content (AvgIpc) is 3.62. The fourth-order valence-corrected chi connectivity index (χ4v) is 5.20. The summed E-state index contributed by atoms with van der Waals surface area (Å²) in [6.07, 6.45) is 5.64. The second kappa shape index (κ2) is 10.2. The van der Waals surface area contributed by atoms with Gasteiger partial charge in [-0.15, -0.1) is 0 Å². The van der Waals surface area contributed by atoms with Crippen molar-refractivity contribution in [1.29, 1.82) is 0 Å². The lowest BCUT2D eigenvalue weighted by molar-refractivity contribution is -0.127. The lowest BCUT2D eigenvalue weighted by atomic mass is 10.1. The van der Waals surface area contributed by atoms with Gasteiger partial charge in [0.1, 0.15) is 24.3 Å². The third kappa shape index (κ3) is 4.52. The molecule has 0 spiro atoms. The number of rotatable bonds is 5. The van der Waals surface area contributed by atoms with Crippen LogP contribution in [0.15, 0.2) is 49.6 Å². The van der Waals surface area contributed by atoms with E-state index < -0.39 is 5.91 Å². The number of hydrogen-bond acceptors (Lipinski definition) is 9. The first-order chi connectivity index (χ1) is 19.4. The molecule has 4 aromatic rings. The van der Waals surface area contributed by atoms with Crippen molar-refractivity contribution >= 4 is 40.3 Å². The molecule has 14 heteroatoms. The minimum atomic E-state index is -0.491. The van der Waals surface area contributed by atoms with Gasteiger partial charge in [-0.2, -0.15) is 10.2 Å². The minimum absolute atomic E-state index is 0.0813. The highest BCUT2D eigenvalue weighted by molar-refractivity contribution is 6.13. The molecule has 3 N–H and O–H groups in total. The van der Waals surface area contributed by atoms with Crippen LogP contribution in [0.1, 0.15) is 45.6 Å². The molecule has 1 saturated heterocycles. The predicted molar refractivity (Wildman–Crippen MR) is 144 cm³/mol. The number of fused-ring (bicyclic) bond motifs is 2. The smallest absolute Gasteiger partial charge is 0.277 e. The van der Waals surface area contributed by atoms with Crippen molar-refractivity contribution in [1.82, 2.24) is 44.3 Å². The molecule has 0 bridgehead atoms. The number of carbonyl (C=O) groups is 3. The number of hydrogen-bond donors (Lipinski definition) is 2. The fraction of sp³-hybridized carbons (Fsp3) is 0.308. The molecule has 5 heterocycles. The maximum absolute atomic E-state index is 13.4. The summed E-state index contributed by atoms with van der Waals surface area (Å²) in [7, 11) is 0. The molecule has 3 aromatic heterocycles. The van der Waals surface area contributed by atoms with E-state index in [1.807, 2.05) is 0 Å². The van der Waals surface area contributed by atoms with Gasteiger partial charge in [-0.3, -0.25) is 14.4 Å². The van der Waals surface area contributed by atoms with Crippen molar-refractivity contribution in [2.24, 2.45) is 0 Å². The van der Waals surface area contributed by atoms with Gasteiger partial charge in [0.05, 0.1) is 24.5 Å². The summed E-state index contributed by atoms with van der Waals surface area (Å²) in [6, 6.07) is 6.47. The van der Waals surface area contributed by atoms with Gasteiger partial charge < -0.3 is 20.9 Å². The van der Waals surface area contributed by atoms with Gasteiger partial charge >= 0.3 is 0 Å². The third-order valence-corrected chi connectivity index (χ3v) is 7.25. The van der Waals surface area contributed by atoms with E-state index in [2.05, 4.69) is 37.0 Å². The molecule has 1 unspecified atom stereocenters. The van der Waals surface area contributed by atoms with Crippen molar-refractivity contribution in [3.8, 4) is 0 Å². The maximum atomic E-state index is 13.4. The molecule has 0 saturated carbocycles. The highest BCUT2D eigenvalue weighted by Gasteiger charge is 2.29. The van der Waals surface area contributed by atoms with Crippen LogP contribution in [0.25, 0.3) is 11.0 Å².